The molecule has 1 saturated carbocycles. The van der Waals surface area contributed by atoms with E-state index in [0.29, 0.717) is 12.6 Å². The van der Waals surface area contributed by atoms with Crippen LogP contribution in [0.1, 0.15) is 32.6 Å². The van der Waals surface area contributed by atoms with E-state index in [0.717, 1.165) is 19.3 Å². The average molecular weight is 169 g/mol. The molecule has 0 spiro atoms. The predicted molar refractivity (Wildman–Crippen MR) is 44.8 cm³/mol. The summed E-state index contributed by atoms with van der Waals surface area (Å²) < 4.78 is 5.02. The largest absolute Gasteiger partial charge is 0.465 e. The van der Waals surface area contributed by atoms with Crippen molar-refractivity contribution in [2.75, 3.05) is 6.61 Å². The summed E-state index contributed by atoms with van der Waals surface area (Å²) in [6, 6.07) is 0.586. The first-order valence-corrected chi connectivity index (χ1v) is 4.72. The quantitative estimate of drug-likeness (QED) is 0.622. The third-order valence-corrected chi connectivity index (χ3v) is 2.90. The molecule has 0 radical (unpaired) electrons. The van der Waals surface area contributed by atoms with Gasteiger partial charge in [-0.2, -0.15) is 0 Å². The van der Waals surface area contributed by atoms with Crippen molar-refractivity contribution in [1.82, 2.24) is 5.32 Å². The maximum Gasteiger partial charge on any atom is 0.326 e. The molecule has 0 aromatic rings. The fraction of sp³-hybridized carbons (Fsp3) is 0.889. The minimum atomic E-state index is -0.279. The van der Waals surface area contributed by atoms with E-state index in [1.165, 1.54) is 6.42 Å². The van der Waals surface area contributed by atoms with Gasteiger partial charge in [-0.25, -0.2) is 0 Å². The number of rotatable bonds is 2. The lowest BCUT2D eigenvalue weighted by atomic mass is 9.71. The first kappa shape index (κ1) is 8.05. The summed E-state index contributed by atoms with van der Waals surface area (Å²) in [7, 11) is 0. The van der Waals surface area contributed by atoms with Crippen LogP contribution in [-0.2, 0) is 9.53 Å². The fourth-order valence-corrected chi connectivity index (χ4v) is 2.30. The minimum absolute atomic E-state index is 0.0408. The Morgan fingerprint density at radius 1 is 1.75 bits per heavy atom. The van der Waals surface area contributed by atoms with Crippen molar-refractivity contribution in [1.29, 1.82) is 0 Å². The highest BCUT2D eigenvalue weighted by molar-refractivity contribution is 5.82. The van der Waals surface area contributed by atoms with Gasteiger partial charge in [-0.15, -0.1) is 0 Å². The molecule has 3 nitrogen and oxygen atoms in total. The van der Waals surface area contributed by atoms with Crippen molar-refractivity contribution in [3.8, 4) is 0 Å². The second kappa shape index (κ2) is 2.73. The molecule has 2 saturated heterocycles. The van der Waals surface area contributed by atoms with E-state index in [2.05, 4.69) is 5.32 Å². The van der Waals surface area contributed by atoms with Crippen LogP contribution < -0.4 is 5.32 Å². The molecule has 3 heteroatoms. The first-order valence-electron chi connectivity index (χ1n) is 4.72. The Hall–Kier alpha value is -0.570. The monoisotopic (exact) mass is 169 g/mol. The number of ether oxygens (including phenoxy) is 1. The van der Waals surface area contributed by atoms with Gasteiger partial charge in [0, 0.05) is 6.04 Å². The summed E-state index contributed by atoms with van der Waals surface area (Å²) in [4.78, 5) is 11.5. The Morgan fingerprint density at radius 2 is 2.50 bits per heavy atom. The zero-order valence-electron chi connectivity index (χ0n) is 7.43. The molecule has 2 atom stereocenters. The lowest BCUT2D eigenvalue weighted by molar-refractivity contribution is -0.159. The molecule has 2 unspecified atom stereocenters. The molecule has 3 aliphatic rings. The standard InChI is InChI=1S/C9H15NO2/c1-2-12-8(11)9-5-3-4-7(6-9)10-9/h7,10H,2-6H2,1H3. The molecule has 1 aliphatic carbocycles. The topological polar surface area (TPSA) is 38.3 Å². The van der Waals surface area contributed by atoms with Crippen LogP contribution in [0.5, 0.6) is 0 Å². The van der Waals surface area contributed by atoms with Crippen LogP contribution in [0, 0.1) is 0 Å². The van der Waals surface area contributed by atoms with Gasteiger partial charge in [-0.1, -0.05) is 0 Å². The summed E-state index contributed by atoms with van der Waals surface area (Å²) in [6.45, 7) is 2.35. The number of hydrogen-bond donors (Lipinski definition) is 1. The predicted octanol–water partition coefficient (Wildman–Crippen LogP) is 0.834. The van der Waals surface area contributed by atoms with Gasteiger partial charge in [0.1, 0.15) is 5.54 Å². The van der Waals surface area contributed by atoms with Crippen LogP contribution >= 0.6 is 0 Å². The van der Waals surface area contributed by atoms with Crippen LogP contribution in [0.15, 0.2) is 0 Å². The number of fused-ring (bicyclic) bond motifs is 2. The normalized spacial score (nSPS) is 38.6. The lowest BCUT2D eigenvalue weighted by Crippen LogP contribution is -2.70. The molecule has 2 aliphatic heterocycles. The van der Waals surface area contributed by atoms with Gasteiger partial charge in [0.25, 0.3) is 0 Å². The van der Waals surface area contributed by atoms with Crippen LogP contribution in [0.3, 0.4) is 0 Å². The van der Waals surface area contributed by atoms with E-state index < -0.39 is 0 Å². The molecule has 3 rings (SSSR count). The third kappa shape index (κ3) is 1.04. The molecule has 0 aromatic heterocycles. The van der Waals surface area contributed by atoms with Gasteiger partial charge in [0.2, 0.25) is 0 Å². The highest BCUT2D eigenvalue weighted by Gasteiger charge is 2.52. The molecule has 12 heavy (non-hydrogen) atoms. The first-order chi connectivity index (χ1) is 5.77. The highest BCUT2D eigenvalue weighted by Crippen LogP contribution is 2.38. The summed E-state index contributed by atoms with van der Waals surface area (Å²) in [6.07, 6.45) is 4.34. The third-order valence-electron chi connectivity index (χ3n) is 2.90. The Labute approximate surface area is 72.5 Å². The molecular weight excluding hydrogens is 154 g/mol. The summed E-state index contributed by atoms with van der Waals surface area (Å²) >= 11 is 0. The van der Waals surface area contributed by atoms with Crippen molar-refractivity contribution in [2.24, 2.45) is 0 Å². The molecular formula is C9H15NO2. The Balaban J connectivity index is 1.98. The Kier molecular flexibility index (Phi) is 1.83. The van der Waals surface area contributed by atoms with Gasteiger partial charge in [-0.3, -0.25) is 10.1 Å². The van der Waals surface area contributed by atoms with Gasteiger partial charge in [-0.05, 0) is 32.6 Å². The second-order valence-corrected chi connectivity index (χ2v) is 3.74. The van der Waals surface area contributed by atoms with Gasteiger partial charge >= 0.3 is 5.97 Å². The van der Waals surface area contributed by atoms with Crippen LogP contribution in [0.25, 0.3) is 0 Å². The average Bonchev–Trinajstić information content (AvgIpc) is 2.04. The smallest absolute Gasteiger partial charge is 0.326 e. The van der Waals surface area contributed by atoms with Crippen molar-refractivity contribution in [3.63, 3.8) is 0 Å². The van der Waals surface area contributed by atoms with Gasteiger partial charge < -0.3 is 4.74 Å². The highest BCUT2D eigenvalue weighted by atomic mass is 16.5. The van der Waals surface area contributed by atoms with Crippen molar-refractivity contribution < 1.29 is 9.53 Å². The number of hydrogen-bond acceptors (Lipinski definition) is 3. The Morgan fingerprint density at radius 3 is 3.00 bits per heavy atom. The number of esters is 1. The van der Waals surface area contributed by atoms with Crippen molar-refractivity contribution >= 4 is 5.97 Å². The maximum absolute atomic E-state index is 11.5. The van der Waals surface area contributed by atoms with Crippen molar-refractivity contribution in [2.45, 2.75) is 44.2 Å². The molecule has 68 valence electrons. The van der Waals surface area contributed by atoms with E-state index in [1.54, 1.807) is 0 Å². The summed E-state index contributed by atoms with van der Waals surface area (Å²) in [5.41, 5.74) is -0.279. The van der Waals surface area contributed by atoms with Gasteiger partial charge in [0.05, 0.1) is 6.61 Å². The van der Waals surface area contributed by atoms with E-state index in [1.807, 2.05) is 6.92 Å². The Bertz CT molecular complexity index is 191. The lowest BCUT2D eigenvalue weighted by Gasteiger charge is -2.51. The molecule has 2 heterocycles. The zero-order valence-corrected chi connectivity index (χ0v) is 7.43. The van der Waals surface area contributed by atoms with Crippen LogP contribution in [-0.4, -0.2) is 24.2 Å². The van der Waals surface area contributed by atoms with E-state index in [9.17, 15) is 4.79 Å². The number of piperidine rings is 1. The van der Waals surface area contributed by atoms with Crippen molar-refractivity contribution in [3.05, 3.63) is 0 Å². The zero-order chi connectivity index (χ0) is 8.60. The summed E-state index contributed by atoms with van der Waals surface area (Å²) in [5.74, 6) is -0.0408. The SMILES string of the molecule is CCOC(=O)C12CCCC(C1)N2. The molecule has 0 amide bonds. The van der Waals surface area contributed by atoms with E-state index >= 15 is 0 Å². The number of nitrogens with one attached hydrogen (secondary N) is 1. The van der Waals surface area contributed by atoms with Crippen LogP contribution in [0.4, 0.5) is 0 Å². The minimum Gasteiger partial charge on any atom is -0.465 e. The molecule has 1 N–H and O–H groups in total. The molecule has 3 fully saturated rings. The van der Waals surface area contributed by atoms with E-state index in [4.69, 9.17) is 4.74 Å². The summed E-state index contributed by atoms with van der Waals surface area (Å²) in [5, 5.41) is 3.30. The molecule has 2 bridgehead atoms. The maximum atomic E-state index is 11.5. The molecule has 0 aromatic carbocycles. The van der Waals surface area contributed by atoms with Gasteiger partial charge in [0.15, 0.2) is 0 Å². The fourth-order valence-electron chi connectivity index (χ4n) is 2.30. The second-order valence-electron chi connectivity index (χ2n) is 3.74. The number of carbonyl (C=O) groups excluding carboxylic acids is 1. The van der Waals surface area contributed by atoms with E-state index in [-0.39, 0.29) is 11.5 Å². The van der Waals surface area contributed by atoms with Crippen LogP contribution in [0.2, 0.25) is 0 Å². The number of carbonyl (C=O) groups is 1.